The van der Waals surface area contributed by atoms with Gasteiger partial charge in [-0.3, -0.25) is 0 Å². The van der Waals surface area contributed by atoms with E-state index in [9.17, 15) is 17.2 Å². The Balaban J connectivity index is 2.45. The molecule has 1 aliphatic rings. The molecule has 0 radical (unpaired) electrons. The van der Waals surface area contributed by atoms with Crippen LogP contribution in [0.3, 0.4) is 0 Å². The van der Waals surface area contributed by atoms with Crippen LogP contribution in [0.5, 0.6) is 0 Å². The van der Waals surface area contributed by atoms with Crippen molar-refractivity contribution in [2.75, 3.05) is 13.1 Å². The summed E-state index contributed by atoms with van der Waals surface area (Å²) < 4.78 is 53.2. The summed E-state index contributed by atoms with van der Waals surface area (Å²) in [4.78, 5) is -0.601. The van der Waals surface area contributed by atoms with Crippen LogP contribution >= 0.6 is 0 Å². The molecule has 0 aromatic heterocycles. The minimum absolute atomic E-state index is 0.166. The second kappa shape index (κ2) is 5.59. The molecular formula is C13H15F2NO3S. The first-order valence-corrected chi connectivity index (χ1v) is 7.55. The first-order valence-electron chi connectivity index (χ1n) is 6.11. The van der Waals surface area contributed by atoms with E-state index in [0.717, 1.165) is 22.0 Å². The van der Waals surface area contributed by atoms with Crippen molar-refractivity contribution >= 4 is 10.0 Å². The summed E-state index contributed by atoms with van der Waals surface area (Å²) in [5.41, 5.74) is 0.446. The number of nitrogens with zero attached hydrogens (tertiary/aromatic N) is 1. The number of aliphatic hydroxyl groups is 1. The summed E-state index contributed by atoms with van der Waals surface area (Å²) in [6.45, 7) is 1.43. The Hall–Kier alpha value is -1.31. The Kier molecular flexibility index (Phi) is 4.22. The molecule has 1 N–H and O–H groups in total. The van der Waals surface area contributed by atoms with Gasteiger partial charge in [-0.15, -0.1) is 0 Å². The van der Waals surface area contributed by atoms with E-state index in [1.165, 1.54) is 0 Å². The second-order valence-corrected chi connectivity index (χ2v) is 6.57. The Bertz CT molecular complexity index is 656. The Morgan fingerprint density at radius 1 is 1.35 bits per heavy atom. The van der Waals surface area contributed by atoms with Crippen LogP contribution in [0.1, 0.15) is 18.9 Å². The molecule has 0 saturated carbocycles. The summed E-state index contributed by atoms with van der Waals surface area (Å²) in [6.07, 6.45) is 2.34. The molecule has 1 aromatic carbocycles. The fourth-order valence-electron chi connectivity index (χ4n) is 2.03. The van der Waals surface area contributed by atoms with Crippen molar-refractivity contribution in [1.82, 2.24) is 4.31 Å². The fraction of sp³-hybridized carbons (Fsp3) is 0.385. The smallest absolute Gasteiger partial charge is 0.246 e. The van der Waals surface area contributed by atoms with Crippen molar-refractivity contribution in [2.45, 2.75) is 24.8 Å². The summed E-state index contributed by atoms with van der Waals surface area (Å²) in [5, 5.41) is 8.94. The van der Waals surface area contributed by atoms with Gasteiger partial charge in [-0.05, 0) is 25.5 Å². The van der Waals surface area contributed by atoms with Crippen LogP contribution in [-0.2, 0) is 16.6 Å². The van der Waals surface area contributed by atoms with Crippen molar-refractivity contribution in [2.24, 2.45) is 0 Å². The number of hydrogen-bond acceptors (Lipinski definition) is 3. The highest BCUT2D eigenvalue weighted by Crippen LogP contribution is 2.26. The van der Waals surface area contributed by atoms with Crippen LogP contribution in [-0.4, -0.2) is 30.9 Å². The van der Waals surface area contributed by atoms with Gasteiger partial charge in [0.15, 0.2) is 5.82 Å². The molecule has 1 heterocycles. The van der Waals surface area contributed by atoms with Gasteiger partial charge in [-0.25, -0.2) is 17.2 Å². The number of benzene rings is 1. The van der Waals surface area contributed by atoms with Gasteiger partial charge in [-0.2, -0.15) is 4.31 Å². The largest absolute Gasteiger partial charge is 0.391 e. The summed E-state index contributed by atoms with van der Waals surface area (Å²) in [5.74, 6) is -2.18. The number of rotatable bonds is 3. The lowest BCUT2D eigenvalue weighted by Gasteiger charge is -2.25. The number of halogens is 2. The average Bonchev–Trinajstić information content (AvgIpc) is 2.39. The molecule has 0 fully saturated rings. The summed E-state index contributed by atoms with van der Waals surface area (Å²) in [7, 11) is -4.03. The van der Waals surface area contributed by atoms with Crippen LogP contribution in [0, 0.1) is 11.6 Å². The standard InChI is InChI=1S/C13H15F2NO3S/c1-9-4-6-16(7-5-9)20(18,19)12-3-2-11(14)10(8-17)13(12)15/h2-4,17H,5-8H2,1H3. The van der Waals surface area contributed by atoms with Crippen molar-refractivity contribution < 1.29 is 22.3 Å². The zero-order valence-corrected chi connectivity index (χ0v) is 11.8. The maximum absolute atomic E-state index is 14.0. The molecule has 0 bridgehead atoms. The van der Waals surface area contributed by atoms with E-state index in [1.54, 1.807) is 6.08 Å². The van der Waals surface area contributed by atoms with Gasteiger partial charge in [0.05, 0.1) is 12.2 Å². The molecule has 0 spiro atoms. The van der Waals surface area contributed by atoms with Crippen LogP contribution in [0.2, 0.25) is 0 Å². The van der Waals surface area contributed by atoms with Crippen molar-refractivity contribution in [1.29, 1.82) is 0 Å². The predicted octanol–water partition coefficient (Wildman–Crippen LogP) is 1.80. The highest BCUT2D eigenvalue weighted by atomic mass is 32.2. The van der Waals surface area contributed by atoms with Gasteiger partial charge >= 0.3 is 0 Å². The van der Waals surface area contributed by atoms with E-state index in [1.807, 2.05) is 6.92 Å². The van der Waals surface area contributed by atoms with Crippen molar-refractivity contribution in [3.05, 3.63) is 41.0 Å². The maximum atomic E-state index is 14.0. The van der Waals surface area contributed by atoms with E-state index >= 15 is 0 Å². The first-order chi connectivity index (χ1) is 9.37. The molecular weight excluding hydrogens is 288 g/mol. The molecule has 7 heteroatoms. The third-order valence-corrected chi connectivity index (χ3v) is 5.21. The van der Waals surface area contributed by atoms with E-state index in [-0.39, 0.29) is 13.1 Å². The molecule has 0 saturated heterocycles. The maximum Gasteiger partial charge on any atom is 0.246 e. The Morgan fingerprint density at radius 3 is 2.60 bits per heavy atom. The van der Waals surface area contributed by atoms with E-state index in [2.05, 4.69) is 0 Å². The molecule has 0 amide bonds. The Labute approximate surface area is 116 Å². The molecule has 0 unspecified atom stereocenters. The van der Waals surface area contributed by atoms with Gasteiger partial charge in [0.2, 0.25) is 10.0 Å². The van der Waals surface area contributed by atoms with Gasteiger partial charge < -0.3 is 5.11 Å². The highest BCUT2D eigenvalue weighted by molar-refractivity contribution is 7.89. The van der Waals surface area contributed by atoms with Crippen molar-refractivity contribution in [3.8, 4) is 0 Å². The molecule has 1 aromatic rings. The lowest BCUT2D eigenvalue weighted by atomic mass is 10.1. The fourth-order valence-corrected chi connectivity index (χ4v) is 3.50. The van der Waals surface area contributed by atoms with E-state index in [0.29, 0.717) is 6.42 Å². The van der Waals surface area contributed by atoms with Gasteiger partial charge in [0, 0.05) is 13.1 Å². The zero-order chi connectivity index (χ0) is 14.9. The normalized spacial score (nSPS) is 17.1. The topological polar surface area (TPSA) is 57.6 Å². The molecule has 0 atom stereocenters. The average molecular weight is 303 g/mol. The molecule has 110 valence electrons. The van der Waals surface area contributed by atoms with Gasteiger partial charge in [0.25, 0.3) is 0 Å². The SMILES string of the molecule is CC1=CCN(S(=O)(=O)c2ccc(F)c(CO)c2F)CC1. The van der Waals surface area contributed by atoms with Gasteiger partial charge in [0.1, 0.15) is 10.7 Å². The van der Waals surface area contributed by atoms with Crippen LogP contribution in [0.15, 0.2) is 28.7 Å². The van der Waals surface area contributed by atoms with Gasteiger partial charge in [-0.1, -0.05) is 11.6 Å². The zero-order valence-electron chi connectivity index (χ0n) is 10.9. The third-order valence-electron chi connectivity index (χ3n) is 3.33. The lowest BCUT2D eigenvalue weighted by Crippen LogP contribution is -2.35. The summed E-state index contributed by atoms with van der Waals surface area (Å²) in [6, 6.07) is 1.75. The lowest BCUT2D eigenvalue weighted by molar-refractivity contribution is 0.267. The third kappa shape index (κ3) is 2.61. The second-order valence-electron chi connectivity index (χ2n) is 4.66. The number of hydrogen-bond donors (Lipinski definition) is 1. The quantitative estimate of drug-likeness (QED) is 0.866. The molecule has 4 nitrogen and oxygen atoms in total. The first kappa shape index (κ1) is 15.1. The predicted molar refractivity (Wildman–Crippen MR) is 69.4 cm³/mol. The van der Waals surface area contributed by atoms with Crippen LogP contribution < -0.4 is 0 Å². The summed E-state index contributed by atoms with van der Waals surface area (Å²) >= 11 is 0. The Morgan fingerprint density at radius 2 is 2.05 bits per heavy atom. The van der Waals surface area contributed by atoms with E-state index in [4.69, 9.17) is 5.11 Å². The highest BCUT2D eigenvalue weighted by Gasteiger charge is 2.30. The number of aliphatic hydroxyl groups excluding tert-OH is 1. The molecule has 20 heavy (non-hydrogen) atoms. The van der Waals surface area contributed by atoms with Crippen LogP contribution in [0.4, 0.5) is 8.78 Å². The molecule has 0 aliphatic carbocycles. The monoisotopic (exact) mass is 303 g/mol. The molecule has 2 rings (SSSR count). The molecule has 1 aliphatic heterocycles. The van der Waals surface area contributed by atoms with Crippen molar-refractivity contribution in [3.63, 3.8) is 0 Å². The minimum Gasteiger partial charge on any atom is -0.391 e. The van der Waals surface area contributed by atoms with E-state index < -0.39 is 38.7 Å². The number of sulfonamides is 1. The minimum atomic E-state index is -4.03. The van der Waals surface area contributed by atoms with Crippen LogP contribution in [0.25, 0.3) is 0 Å².